The highest BCUT2D eigenvalue weighted by atomic mass is 16.5. The fraction of sp³-hybridized carbons (Fsp3) is 0.344. The van der Waals surface area contributed by atoms with Crippen LogP contribution in [0.25, 0.3) is 0 Å². The molecule has 0 spiro atoms. The van der Waals surface area contributed by atoms with Crippen LogP contribution in [-0.4, -0.2) is 84.3 Å². The lowest BCUT2D eigenvalue weighted by molar-refractivity contribution is -0.140. The number of nitrogens with zero attached hydrogens (tertiary/aromatic N) is 3. The SMILES string of the molecule is CN1CC(=O)N(C)[C@H](Cc2ccccc2)COc2ccccc2C(=O)N[C@H](C(=O)NCCc2ccccn2)CCC1=O. The molecule has 1 aromatic heterocycles. The molecule has 2 N–H and O–H groups in total. The van der Waals surface area contributed by atoms with Crippen LogP contribution in [0.4, 0.5) is 0 Å². The Kier molecular flexibility index (Phi) is 10.6. The zero-order valence-corrected chi connectivity index (χ0v) is 24.0. The van der Waals surface area contributed by atoms with Crippen LogP contribution in [0.15, 0.2) is 79.0 Å². The fourth-order valence-corrected chi connectivity index (χ4v) is 4.71. The molecule has 1 aliphatic rings. The molecule has 4 rings (SSSR count). The van der Waals surface area contributed by atoms with Gasteiger partial charge in [-0.1, -0.05) is 48.5 Å². The molecule has 2 heterocycles. The van der Waals surface area contributed by atoms with Crippen molar-refractivity contribution in [2.75, 3.05) is 33.8 Å². The van der Waals surface area contributed by atoms with Gasteiger partial charge in [0.25, 0.3) is 5.91 Å². The van der Waals surface area contributed by atoms with Gasteiger partial charge in [0.1, 0.15) is 18.4 Å². The van der Waals surface area contributed by atoms with E-state index < -0.39 is 17.9 Å². The van der Waals surface area contributed by atoms with Gasteiger partial charge in [-0.3, -0.25) is 24.2 Å². The van der Waals surface area contributed by atoms with E-state index in [9.17, 15) is 19.2 Å². The summed E-state index contributed by atoms with van der Waals surface area (Å²) in [5.41, 5.74) is 2.11. The van der Waals surface area contributed by atoms with Crippen LogP contribution in [0.2, 0.25) is 0 Å². The Morgan fingerprint density at radius 1 is 0.976 bits per heavy atom. The molecule has 1 aliphatic heterocycles. The molecule has 0 radical (unpaired) electrons. The summed E-state index contributed by atoms with van der Waals surface area (Å²) in [6.45, 7) is 0.320. The maximum absolute atomic E-state index is 13.4. The first-order valence-electron chi connectivity index (χ1n) is 14.1. The number of amides is 4. The number of rotatable bonds is 6. The Labute approximate surface area is 246 Å². The number of aromatic nitrogens is 1. The van der Waals surface area contributed by atoms with Gasteiger partial charge >= 0.3 is 0 Å². The summed E-state index contributed by atoms with van der Waals surface area (Å²) in [7, 11) is 3.25. The van der Waals surface area contributed by atoms with Gasteiger partial charge in [-0.05, 0) is 42.7 Å². The molecule has 10 heteroatoms. The standard InChI is InChI=1S/C32H37N5O5/c1-36-21-30(39)37(2)25(20-23-10-4-3-5-11-23)22-42-28-14-7-6-13-26(28)31(40)35-27(15-16-29(36)38)32(41)34-19-17-24-12-8-9-18-33-24/h3-14,18,25,27H,15-17,19-22H2,1-2H3,(H,34,41)(H,35,40)/t25-,27+/m1/s1. The van der Waals surface area contributed by atoms with Gasteiger partial charge in [0.05, 0.1) is 18.2 Å². The van der Waals surface area contributed by atoms with Gasteiger partial charge in [0.2, 0.25) is 17.7 Å². The van der Waals surface area contributed by atoms with E-state index in [0.717, 1.165) is 11.3 Å². The zero-order chi connectivity index (χ0) is 29.9. The van der Waals surface area contributed by atoms with Crippen LogP contribution >= 0.6 is 0 Å². The van der Waals surface area contributed by atoms with Crippen molar-refractivity contribution >= 4 is 23.6 Å². The molecule has 2 aromatic carbocycles. The molecule has 0 bridgehead atoms. The van der Waals surface area contributed by atoms with E-state index in [4.69, 9.17) is 4.74 Å². The van der Waals surface area contributed by atoms with Crippen LogP contribution in [0.1, 0.15) is 34.5 Å². The van der Waals surface area contributed by atoms with Crippen molar-refractivity contribution < 1.29 is 23.9 Å². The van der Waals surface area contributed by atoms with Crippen LogP contribution < -0.4 is 15.4 Å². The first kappa shape index (κ1) is 30.2. The van der Waals surface area contributed by atoms with Gasteiger partial charge < -0.3 is 25.2 Å². The van der Waals surface area contributed by atoms with Crippen LogP contribution in [0, 0.1) is 0 Å². The Morgan fingerprint density at radius 3 is 2.48 bits per heavy atom. The van der Waals surface area contributed by atoms with Crippen molar-refractivity contribution in [1.29, 1.82) is 0 Å². The molecular weight excluding hydrogens is 534 g/mol. The van der Waals surface area contributed by atoms with Gasteiger partial charge in [-0.15, -0.1) is 0 Å². The highest BCUT2D eigenvalue weighted by Crippen LogP contribution is 2.20. The van der Waals surface area contributed by atoms with Gasteiger partial charge in [-0.2, -0.15) is 0 Å². The van der Waals surface area contributed by atoms with Crippen molar-refractivity contribution in [2.24, 2.45) is 0 Å². The van der Waals surface area contributed by atoms with Crippen LogP contribution in [0.5, 0.6) is 5.75 Å². The van der Waals surface area contributed by atoms with Crippen molar-refractivity contribution in [3.8, 4) is 5.75 Å². The summed E-state index contributed by atoms with van der Waals surface area (Å²) in [6, 6.07) is 20.8. The van der Waals surface area contributed by atoms with Crippen LogP contribution in [-0.2, 0) is 27.2 Å². The maximum atomic E-state index is 13.4. The third-order valence-electron chi connectivity index (χ3n) is 7.29. The molecule has 220 valence electrons. The molecule has 0 unspecified atom stereocenters. The van der Waals surface area contributed by atoms with Crippen molar-refractivity contribution in [1.82, 2.24) is 25.4 Å². The molecular formula is C32H37N5O5. The summed E-state index contributed by atoms with van der Waals surface area (Å²) in [5.74, 6) is -1.10. The minimum atomic E-state index is -0.971. The summed E-state index contributed by atoms with van der Waals surface area (Å²) in [6.07, 6.45) is 2.76. The van der Waals surface area contributed by atoms with Gasteiger partial charge in [0, 0.05) is 45.4 Å². The summed E-state index contributed by atoms with van der Waals surface area (Å²) in [5, 5.41) is 5.65. The van der Waals surface area contributed by atoms with E-state index in [0.29, 0.717) is 25.1 Å². The number of hydrogen-bond acceptors (Lipinski definition) is 6. The second-order valence-electron chi connectivity index (χ2n) is 10.3. The first-order valence-corrected chi connectivity index (χ1v) is 14.1. The van der Waals surface area contributed by atoms with E-state index in [1.165, 1.54) is 4.90 Å². The van der Waals surface area contributed by atoms with Gasteiger partial charge in [0.15, 0.2) is 0 Å². The third-order valence-corrected chi connectivity index (χ3v) is 7.29. The van der Waals surface area contributed by atoms with Crippen molar-refractivity contribution in [2.45, 2.75) is 37.8 Å². The number of carbonyl (C=O) groups excluding carboxylic acids is 4. The molecule has 0 fully saturated rings. The first-order chi connectivity index (χ1) is 20.3. The Hall–Kier alpha value is -4.73. The number of fused-ring (bicyclic) bond motifs is 1. The van der Waals surface area contributed by atoms with E-state index in [-0.39, 0.29) is 49.4 Å². The second kappa shape index (κ2) is 14.8. The second-order valence-corrected chi connectivity index (χ2v) is 10.3. The molecule has 0 aliphatic carbocycles. The fourth-order valence-electron chi connectivity index (χ4n) is 4.71. The number of pyridine rings is 1. The number of para-hydroxylation sites is 1. The number of nitrogens with one attached hydrogen (secondary N) is 2. The lowest BCUT2D eigenvalue weighted by Crippen LogP contribution is -2.48. The van der Waals surface area contributed by atoms with Crippen molar-refractivity contribution in [3.63, 3.8) is 0 Å². The summed E-state index contributed by atoms with van der Waals surface area (Å²) < 4.78 is 6.15. The number of benzene rings is 2. The minimum absolute atomic E-state index is 0.0301. The molecule has 4 amide bonds. The summed E-state index contributed by atoms with van der Waals surface area (Å²) in [4.78, 5) is 60.1. The lowest BCUT2D eigenvalue weighted by Gasteiger charge is -2.30. The maximum Gasteiger partial charge on any atom is 0.255 e. The summed E-state index contributed by atoms with van der Waals surface area (Å²) >= 11 is 0. The minimum Gasteiger partial charge on any atom is -0.491 e. The Bertz CT molecular complexity index is 1370. The topological polar surface area (TPSA) is 121 Å². The average molecular weight is 572 g/mol. The highest BCUT2D eigenvalue weighted by Gasteiger charge is 2.28. The van der Waals surface area contributed by atoms with E-state index in [1.54, 1.807) is 49.5 Å². The van der Waals surface area contributed by atoms with E-state index in [1.807, 2.05) is 48.5 Å². The number of ether oxygens (including phenoxy) is 1. The quantitative estimate of drug-likeness (QED) is 0.468. The molecule has 0 saturated heterocycles. The number of hydrogen-bond donors (Lipinski definition) is 2. The smallest absolute Gasteiger partial charge is 0.255 e. The average Bonchev–Trinajstić information content (AvgIpc) is 3.01. The van der Waals surface area contributed by atoms with Crippen LogP contribution in [0.3, 0.4) is 0 Å². The molecule has 2 atom stereocenters. The largest absolute Gasteiger partial charge is 0.491 e. The molecule has 42 heavy (non-hydrogen) atoms. The molecule has 0 saturated carbocycles. The number of carbonyl (C=O) groups is 4. The van der Waals surface area contributed by atoms with E-state index >= 15 is 0 Å². The van der Waals surface area contributed by atoms with E-state index in [2.05, 4.69) is 15.6 Å². The predicted molar refractivity (Wildman–Crippen MR) is 158 cm³/mol. The molecule has 3 aromatic rings. The monoisotopic (exact) mass is 571 g/mol. The number of likely N-dealkylation sites (N-methyl/N-ethyl adjacent to an activating group) is 2. The Morgan fingerprint density at radius 2 is 1.71 bits per heavy atom. The third kappa shape index (κ3) is 8.39. The normalized spacial score (nSPS) is 18.7. The predicted octanol–water partition coefficient (Wildman–Crippen LogP) is 2.24. The van der Waals surface area contributed by atoms with Gasteiger partial charge in [-0.25, -0.2) is 0 Å². The lowest BCUT2D eigenvalue weighted by atomic mass is 10.1. The highest BCUT2D eigenvalue weighted by molar-refractivity contribution is 5.99. The Balaban J connectivity index is 1.55. The zero-order valence-electron chi connectivity index (χ0n) is 24.0. The van der Waals surface area contributed by atoms with Crippen molar-refractivity contribution in [3.05, 3.63) is 95.8 Å². The molecule has 10 nitrogen and oxygen atoms in total.